The molecule has 6 heteroatoms. The van der Waals surface area contributed by atoms with Gasteiger partial charge in [-0.25, -0.2) is 9.37 Å². The molecule has 2 N–H and O–H groups in total. The molecule has 0 aliphatic carbocycles. The second-order valence-corrected chi connectivity index (χ2v) is 5.92. The molecule has 2 aromatic carbocycles. The number of hydrogen-bond acceptors (Lipinski definition) is 4. The molecule has 0 bridgehead atoms. The number of pyridine rings is 2. The molecule has 130 valence electrons. The average Bonchev–Trinajstić information content (AvgIpc) is 2.66. The van der Waals surface area contributed by atoms with Gasteiger partial charge in [0, 0.05) is 23.5 Å². The van der Waals surface area contributed by atoms with Crippen molar-refractivity contribution in [3.63, 3.8) is 0 Å². The molecule has 2 heterocycles. The van der Waals surface area contributed by atoms with Gasteiger partial charge in [0.1, 0.15) is 17.4 Å². The van der Waals surface area contributed by atoms with E-state index >= 15 is 0 Å². The van der Waals surface area contributed by atoms with Gasteiger partial charge in [-0.1, -0.05) is 12.1 Å². The van der Waals surface area contributed by atoms with Crippen LogP contribution in [-0.2, 0) is 6.54 Å². The fourth-order valence-electron chi connectivity index (χ4n) is 3.00. The molecule has 2 aromatic heterocycles. The van der Waals surface area contributed by atoms with Gasteiger partial charge < -0.3 is 15.0 Å². The first-order chi connectivity index (χ1) is 12.7. The molecule has 0 saturated heterocycles. The summed E-state index contributed by atoms with van der Waals surface area (Å²) in [5.41, 5.74) is 1.28. The Labute approximate surface area is 148 Å². The van der Waals surface area contributed by atoms with Gasteiger partial charge >= 0.3 is 0 Å². The zero-order valence-corrected chi connectivity index (χ0v) is 14.0. The molecule has 4 aromatic rings. The predicted octanol–water partition coefficient (Wildman–Crippen LogP) is 3.84. The van der Waals surface area contributed by atoms with Crippen molar-refractivity contribution in [3.8, 4) is 5.75 Å². The maximum Gasteiger partial charge on any atom is 0.258 e. The zero-order chi connectivity index (χ0) is 18.1. The predicted molar refractivity (Wildman–Crippen MR) is 100 cm³/mol. The van der Waals surface area contributed by atoms with Crippen molar-refractivity contribution in [2.45, 2.75) is 6.54 Å². The van der Waals surface area contributed by atoms with Gasteiger partial charge in [-0.15, -0.1) is 0 Å². The molecule has 0 aliphatic rings. The minimum atomic E-state index is -0.394. The molecule has 5 nitrogen and oxygen atoms in total. The zero-order valence-electron chi connectivity index (χ0n) is 14.0. The van der Waals surface area contributed by atoms with E-state index in [4.69, 9.17) is 4.74 Å². The number of nitrogens with zero attached hydrogens (tertiary/aromatic N) is 1. The number of benzene rings is 2. The van der Waals surface area contributed by atoms with Gasteiger partial charge in [-0.05, 0) is 42.0 Å². The van der Waals surface area contributed by atoms with Crippen molar-refractivity contribution in [1.29, 1.82) is 0 Å². The van der Waals surface area contributed by atoms with Gasteiger partial charge in [0.25, 0.3) is 5.56 Å². The molecule has 0 radical (unpaired) electrons. The van der Waals surface area contributed by atoms with E-state index in [2.05, 4.69) is 15.3 Å². The summed E-state index contributed by atoms with van der Waals surface area (Å²) in [5.74, 6) is 1.00. The first kappa shape index (κ1) is 16.1. The maximum atomic E-state index is 13.8. The van der Waals surface area contributed by atoms with Crippen molar-refractivity contribution in [1.82, 2.24) is 9.97 Å². The third kappa shape index (κ3) is 2.86. The Morgan fingerprint density at radius 2 is 1.92 bits per heavy atom. The Kier molecular flexibility index (Phi) is 4.01. The summed E-state index contributed by atoms with van der Waals surface area (Å²) in [5, 5.41) is 4.91. The van der Waals surface area contributed by atoms with E-state index in [0.29, 0.717) is 34.0 Å². The Bertz CT molecular complexity index is 1150. The van der Waals surface area contributed by atoms with Crippen LogP contribution in [0.25, 0.3) is 21.7 Å². The summed E-state index contributed by atoms with van der Waals surface area (Å²) in [6.45, 7) is 0.540. The van der Waals surface area contributed by atoms with Crippen molar-refractivity contribution in [3.05, 3.63) is 76.5 Å². The number of halogens is 1. The number of methoxy groups -OCH3 is 1. The highest BCUT2D eigenvalue weighted by molar-refractivity contribution is 6.09. The third-order valence-electron chi connectivity index (χ3n) is 4.30. The lowest BCUT2D eigenvalue weighted by Crippen LogP contribution is -2.08. The van der Waals surface area contributed by atoms with E-state index in [1.807, 2.05) is 24.3 Å². The molecule has 26 heavy (non-hydrogen) atoms. The smallest absolute Gasteiger partial charge is 0.258 e. The van der Waals surface area contributed by atoms with E-state index in [1.165, 1.54) is 18.3 Å². The van der Waals surface area contributed by atoms with E-state index < -0.39 is 5.82 Å². The Morgan fingerprint density at radius 1 is 1.12 bits per heavy atom. The minimum absolute atomic E-state index is 0.285. The number of fused-ring (bicyclic) bond motifs is 3. The van der Waals surface area contributed by atoms with Crippen molar-refractivity contribution in [2.24, 2.45) is 0 Å². The monoisotopic (exact) mass is 349 g/mol. The molecule has 0 aliphatic heterocycles. The molecule has 4 rings (SSSR count). The standard InChI is InChI=1S/C20H16FN3O2/c1-26-14-5-2-12(3-6-14)11-23-19-15-7-4-13(21)10-16(15)18-17(24-19)8-9-22-20(18)25/h2-10H,11H2,1H3,(H,22,25)(H,23,24). The lowest BCUT2D eigenvalue weighted by atomic mass is 10.1. The highest BCUT2D eigenvalue weighted by Gasteiger charge is 2.12. The van der Waals surface area contributed by atoms with E-state index in [1.54, 1.807) is 19.2 Å². The first-order valence-corrected chi connectivity index (χ1v) is 8.13. The quantitative estimate of drug-likeness (QED) is 0.550. The van der Waals surface area contributed by atoms with Crippen LogP contribution in [0, 0.1) is 5.82 Å². The average molecular weight is 349 g/mol. The number of anilines is 1. The number of ether oxygens (including phenoxy) is 1. The third-order valence-corrected chi connectivity index (χ3v) is 4.30. The summed E-state index contributed by atoms with van der Waals surface area (Å²) in [7, 11) is 1.62. The first-order valence-electron chi connectivity index (χ1n) is 8.13. The van der Waals surface area contributed by atoms with Crippen LogP contribution in [-0.4, -0.2) is 17.1 Å². The van der Waals surface area contributed by atoms with E-state index in [0.717, 1.165) is 11.3 Å². The fourth-order valence-corrected chi connectivity index (χ4v) is 3.00. The molecule has 0 unspecified atom stereocenters. The van der Waals surface area contributed by atoms with Gasteiger partial charge in [-0.3, -0.25) is 4.79 Å². The van der Waals surface area contributed by atoms with Gasteiger partial charge in [0.05, 0.1) is 18.0 Å². The lowest BCUT2D eigenvalue weighted by molar-refractivity contribution is 0.414. The number of aromatic amines is 1. The molecular formula is C20H16FN3O2. The minimum Gasteiger partial charge on any atom is -0.497 e. The second-order valence-electron chi connectivity index (χ2n) is 5.92. The summed E-state index contributed by atoms with van der Waals surface area (Å²) in [6, 6.07) is 13.8. The van der Waals surface area contributed by atoms with E-state index in [-0.39, 0.29) is 5.56 Å². The van der Waals surface area contributed by atoms with Crippen molar-refractivity contribution < 1.29 is 9.13 Å². The Morgan fingerprint density at radius 3 is 2.69 bits per heavy atom. The molecule has 0 atom stereocenters. The van der Waals surface area contributed by atoms with Crippen LogP contribution in [0.3, 0.4) is 0 Å². The molecule has 0 saturated carbocycles. The maximum absolute atomic E-state index is 13.8. The van der Waals surface area contributed by atoms with Crippen molar-refractivity contribution >= 4 is 27.5 Å². The van der Waals surface area contributed by atoms with Crippen LogP contribution in [0.1, 0.15) is 5.56 Å². The number of nitrogens with one attached hydrogen (secondary N) is 2. The second kappa shape index (κ2) is 6.48. The molecule has 0 amide bonds. The van der Waals surface area contributed by atoms with Crippen LogP contribution >= 0.6 is 0 Å². The molecule has 0 fully saturated rings. The Hall–Kier alpha value is -3.41. The fraction of sp³-hybridized carbons (Fsp3) is 0.100. The van der Waals surface area contributed by atoms with Crippen LogP contribution in [0.2, 0.25) is 0 Å². The molecule has 0 spiro atoms. The number of H-pyrrole nitrogens is 1. The highest BCUT2D eigenvalue weighted by atomic mass is 19.1. The van der Waals surface area contributed by atoms with E-state index in [9.17, 15) is 9.18 Å². The highest BCUT2D eigenvalue weighted by Crippen LogP contribution is 2.28. The SMILES string of the molecule is COc1ccc(CNc2nc3cc[nH]c(=O)c3c3cc(F)ccc23)cc1. The van der Waals surface area contributed by atoms with Crippen molar-refractivity contribution in [2.75, 3.05) is 12.4 Å². The summed E-state index contributed by atoms with van der Waals surface area (Å²) in [6.07, 6.45) is 1.54. The summed E-state index contributed by atoms with van der Waals surface area (Å²) >= 11 is 0. The van der Waals surface area contributed by atoms with Gasteiger partial charge in [0.2, 0.25) is 0 Å². The van der Waals surface area contributed by atoms with Crippen LogP contribution in [0.15, 0.2) is 59.5 Å². The summed E-state index contributed by atoms with van der Waals surface area (Å²) < 4.78 is 18.9. The molecular weight excluding hydrogens is 333 g/mol. The van der Waals surface area contributed by atoms with Crippen LogP contribution in [0.4, 0.5) is 10.2 Å². The van der Waals surface area contributed by atoms with Gasteiger partial charge in [-0.2, -0.15) is 0 Å². The van der Waals surface area contributed by atoms with Crippen LogP contribution in [0.5, 0.6) is 5.75 Å². The normalized spacial score (nSPS) is 11.0. The van der Waals surface area contributed by atoms with Gasteiger partial charge in [0.15, 0.2) is 0 Å². The number of hydrogen-bond donors (Lipinski definition) is 2. The lowest BCUT2D eigenvalue weighted by Gasteiger charge is -2.12. The number of rotatable bonds is 4. The largest absolute Gasteiger partial charge is 0.497 e. The topological polar surface area (TPSA) is 67.0 Å². The van der Waals surface area contributed by atoms with Crippen LogP contribution < -0.4 is 15.6 Å². The number of aromatic nitrogens is 2. The summed E-state index contributed by atoms with van der Waals surface area (Å²) in [4.78, 5) is 19.4. The Balaban J connectivity index is 1.79.